The standard InChI is InChI=1S/C15H17N5O/c1-10-4-6-11(7-5-10)21-9-13-18-14(16-2)12-8-17-20(3)15(12)19-13/h4-8H,9H2,1-3H3,(H,16,18,19). The molecular weight excluding hydrogens is 266 g/mol. The Labute approximate surface area is 122 Å². The lowest BCUT2D eigenvalue weighted by Crippen LogP contribution is -2.06. The van der Waals surface area contributed by atoms with Gasteiger partial charge in [-0.3, -0.25) is 4.68 Å². The van der Waals surface area contributed by atoms with Crippen LogP contribution in [0, 0.1) is 6.92 Å². The Bertz CT molecular complexity index is 764. The molecule has 6 heteroatoms. The number of benzene rings is 1. The van der Waals surface area contributed by atoms with Gasteiger partial charge in [-0.25, -0.2) is 9.97 Å². The second-order valence-electron chi connectivity index (χ2n) is 4.85. The summed E-state index contributed by atoms with van der Waals surface area (Å²) in [7, 11) is 3.69. The van der Waals surface area contributed by atoms with Gasteiger partial charge < -0.3 is 10.1 Å². The molecule has 3 aromatic rings. The van der Waals surface area contributed by atoms with Gasteiger partial charge in [0.25, 0.3) is 0 Å². The van der Waals surface area contributed by atoms with Gasteiger partial charge in [0.1, 0.15) is 18.2 Å². The molecule has 3 rings (SSSR count). The summed E-state index contributed by atoms with van der Waals surface area (Å²) in [5.74, 6) is 2.19. The molecule has 0 saturated carbocycles. The maximum Gasteiger partial charge on any atom is 0.170 e. The number of rotatable bonds is 4. The van der Waals surface area contributed by atoms with Crippen LogP contribution in [0.1, 0.15) is 11.4 Å². The molecular formula is C15H17N5O. The Morgan fingerprint density at radius 1 is 1.19 bits per heavy atom. The van der Waals surface area contributed by atoms with Gasteiger partial charge in [-0.1, -0.05) is 17.7 Å². The molecule has 0 unspecified atom stereocenters. The average molecular weight is 283 g/mol. The monoisotopic (exact) mass is 283 g/mol. The van der Waals surface area contributed by atoms with Gasteiger partial charge in [0.05, 0.1) is 11.6 Å². The van der Waals surface area contributed by atoms with Gasteiger partial charge in [-0.05, 0) is 19.1 Å². The van der Waals surface area contributed by atoms with Crippen molar-refractivity contribution in [1.29, 1.82) is 0 Å². The topological polar surface area (TPSA) is 64.9 Å². The highest BCUT2D eigenvalue weighted by molar-refractivity contribution is 5.86. The first-order valence-corrected chi connectivity index (χ1v) is 6.73. The molecule has 6 nitrogen and oxygen atoms in total. The van der Waals surface area contributed by atoms with E-state index >= 15 is 0 Å². The van der Waals surface area contributed by atoms with E-state index in [2.05, 4.69) is 20.4 Å². The fraction of sp³-hybridized carbons (Fsp3) is 0.267. The normalized spacial score (nSPS) is 10.8. The summed E-state index contributed by atoms with van der Waals surface area (Å²) < 4.78 is 7.46. The number of ether oxygens (including phenoxy) is 1. The summed E-state index contributed by atoms with van der Waals surface area (Å²) in [5.41, 5.74) is 1.99. The fourth-order valence-corrected chi connectivity index (χ4v) is 2.10. The molecule has 0 spiro atoms. The third-order valence-corrected chi connectivity index (χ3v) is 3.26. The lowest BCUT2D eigenvalue weighted by atomic mass is 10.2. The smallest absolute Gasteiger partial charge is 0.170 e. The third-order valence-electron chi connectivity index (χ3n) is 3.26. The number of aromatic nitrogens is 4. The van der Waals surface area contributed by atoms with E-state index in [1.165, 1.54) is 5.56 Å². The van der Waals surface area contributed by atoms with Crippen LogP contribution in [0.3, 0.4) is 0 Å². The number of nitrogens with one attached hydrogen (secondary N) is 1. The Balaban J connectivity index is 1.86. The molecule has 0 aliphatic heterocycles. The zero-order valence-corrected chi connectivity index (χ0v) is 12.3. The van der Waals surface area contributed by atoms with Gasteiger partial charge in [-0.15, -0.1) is 0 Å². The lowest BCUT2D eigenvalue weighted by molar-refractivity contribution is 0.296. The summed E-state index contributed by atoms with van der Waals surface area (Å²) in [5, 5.41) is 8.18. The summed E-state index contributed by atoms with van der Waals surface area (Å²) in [4.78, 5) is 8.97. The van der Waals surface area contributed by atoms with Crippen LogP contribution < -0.4 is 10.1 Å². The van der Waals surface area contributed by atoms with E-state index in [1.54, 1.807) is 10.9 Å². The van der Waals surface area contributed by atoms with Crippen molar-refractivity contribution in [3.63, 3.8) is 0 Å². The summed E-state index contributed by atoms with van der Waals surface area (Å²) in [6, 6.07) is 7.91. The molecule has 108 valence electrons. The molecule has 2 heterocycles. The van der Waals surface area contributed by atoms with Crippen LogP contribution in [0.4, 0.5) is 5.82 Å². The fourth-order valence-electron chi connectivity index (χ4n) is 2.10. The largest absolute Gasteiger partial charge is 0.486 e. The molecule has 0 aliphatic carbocycles. The van der Waals surface area contributed by atoms with E-state index in [1.807, 2.05) is 45.3 Å². The maximum absolute atomic E-state index is 5.73. The van der Waals surface area contributed by atoms with Gasteiger partial charge in [0.2, 0.25) is 0 Å². The summed E-state index contributed by atoms with van der Waals surface area (Å²) in [6.07, 6.45) is 1.76. The molecule has 0 atom stereocenters. The quantitative estimate of drug-likeness (QED) is 0.796. The average Bonchev–Trinajstić information content (AvgIpc) is 2.87. The number of nitrogens with zero attached hydrogens (tertiary/aromatic N) is 4. The zero-order valence-electron chi connectivity index (χ0n) is 12.3. The zero-order chi connectivity index (χ0) is 14.8. The summed E-state index contributed by atoms with van der Waals surface area (Å²) in [6.45, 7) is 2.36. The van der Waals surface area contributed by atoms with Crippen LogP contribution in [-0.4, -0.2) is 26.8 Å². The van der Waals surface area contributed by atoms with Gasteiger partial charge in [-0.2, -0.15) is 5.10 Å². The van der Waals surface area contributed by atoms with Crippen molar-refractivity contribution in [3.05, 3.63) is 41.9 Å². The molecule has 1 aromatic carbocycles. The highest BCUT2D eigenvalue weighted by atomic mass is 16.5. The number of hydrogen-bond acceptors (Lipinski definition) is 5. The van der Waals surface area contributed by atoms with Crippen molar-refractivity contribution < 1.29 is 4.74 Å². The second-order valence-corrected chi connectivity index (χ2v) is 4.85. The Morgan fingerprint density at radius 2 is 1.95 bits per heavy atom. The molecule has 0 amide bonds. The van der Waals surface area contributed by atoms with Crippen molar-refractivity contribution >= 4 is 16.9 Å². The van der Waals surface area contributed by atoms with Crippen LogP contribution in [-0.2, 0) is 13.7 Å². The van der Waals surface area contributed by atoms with E-state index in [-0.39, 0.29) is 0 Å². The minimum Gasteiger partial charge on any atom is -0.486 e. The first-order chi connectivity index (χ1) is 10.2. The van der Waals surface area contributed by atoms with Crippen molar-refractivity contribution in [3.8, 4) is 5.75 Å². The number of aryl methyl sites for hydroxylation is 2. The molecule has 0 bridgehead atoms. The van der Waals surface area contributed by atoms with Crippen LogP contribution in [0.25, 0.3) is 11.0 Å². The van der Waals surface area contributed by atoms with Gasteiger partial charge in [0, 0.05) is 14.1 Å². The highest BCUT2D eigenvalue weighted by Gasteiger charge is 2.10. The van der Waals surface area contributed by atoms with E-state index in [9.17, 15) is 0 Å². The van der Waals surface area contributed by atoms with Crippen molar-refractivity contribution in [2.75, 3.05) is 12.4 Å². The number of anilines is 1. The van der Waals surface area contributed by atoms with Gasteiger partial charge in [0.15, 0.2) is 11.5 Å². The highest BCUT2D eigenvalue weighted by Crippen LogP contribution is 2.20. The summed E-state index contributed by atoms with van der Waals surface area (Å²) >= 11 is 0. The van der Waals surface area contributed by atoms with Crippen LogP contribution >= 0.6 is 0 Å². The molecule has 0 aliphatic rings. The Morgan fingerprint density at radius 3 is 2.67 bits per heavy atom. The predicted molar refractivity (Wildman–Crippen MR) is 81.4 cm³/mol. The molecule has 0 radical (unpaired) electrons. The predicted octanol–water partition coefficient (Wildman–Crippen LogP) is 2.29. The van der Waals surface area contributed by atoms with E-state index in [4.69, 9.17) is 4.74 Å². The van der Waals surface area contributed by atoms with E-state index in [0.29, 0.717) is 12.4 Å². The van der Waals surface area contributed by atoms with Crippen molar-refractivity contribution in [2.24, 2.45) is 7.05 Å². The number of fused-ring (bicyclic) bond motifs is 1. The molecule has 21 heavy (non-hydrogen) atoms. The number of hydrogen-bond donors (Lipinski definition) is 1. The second kappa shape index (κ2) is 5.40. The molecule has 0 fully saturated rings. The third kappa shape index (κ3) is 2.65. The molecule has 1 N–H and O–H groups in total. The first kappa shape index (κ1) is 13.4. The first-order valence-electron chi connectivity index (χ1n) is 6.73. The minimum absolute atomic E-state index is 0.318. The molecule has 2 aromatic heterocycles. The Kier molecular flexibility index (Phi) is 3.43. The SMILES string of the molecule is CNc1nc(COc2ccc(C)cc2)nc2c1cnn2C. The molecule has 0 saturated heterocycles. The van der Waals surface area contributed by atoms with Crippen LogP contribution in [0.2, 0.25) is 0 Å². The van der Waals surface area contributed by atoms with Crippen molar-refractivity contribution in [1.82, 2.24) is 19.7 Å². The van der Waals surface area contributed by atoms with E-state index in [0.717, 1.165) is 22.6 Å². The van der Waals surface area contributed by atoms with Crippen LogP contribution in [0.15, 0.2) is 30.5 Å². The minimum atomic E-state index is 0.318. The van der Waals surface area contributed by atoms with E-state index < -0.39 is 0 Å². The van der Waals surface area contributed by atoms with Crippen LogP contribution in [0.5, 0.6) is 5.75 Å². The Hall–Kier alpha value is -2.63. The lowest BCUT2D eigenvalue weighted by Gasteiger charge is -2.08. The maximum atomic E-state index is 5.73. The van der Waals surface area contributed by atoms with Gasteiger partial charge >= 0.3 is 0 Å². The van der Waals surface area contributed by atoms with Crippen molar-refractivity contribution in [2.45, 2.75) is 13.5 Å².